The molecule has 0 amide bonds. The number of ether oxygens (including phenoxy) is 1. The Labute approximate surface area is 131 Å². The topological polar surface area (TPSA) is 92.8 Å². The maximum absolute atomic E-state index is 9.29. The molecular formula is C17H23NO4. The Balaban J connectivity index is 0.000000382. The highest BCUT2D eigenvalue weighted by Gasteiger charge is 2.03. The molecule has 0 aliphatic rings. The lowest BCUT2D eigenvalue weighted by Gasteiger charge is -2.08. The van der Waals surface area contributed by atoms with Crippen LogP contribution in [0.15, 0.2) is 42.5 Å². The van der Waals surface area contributed by atoms with E-state index in [9.17, 15) is 5.11 Å². The minimum absolute atomic E-state index is 0.213. The highest BCUT2D eigenvalue weighted by molar-refractivity contribution is 5.42. The van der Waals surface area contributed by atoms with E-state index in [1.807, 2.05) is 12.9 Å². The third-order valence-corrected chi connectivity index (χ3v) is 2.69. The Bertz CT molecular complexity index is 553. The van der Waals surface area contributed by atoms with Crippen molar-refractivity contribution in [1.29, 1.82) is 0 Å². The molecule has 2 rings (SSSR count). The Kier molecular flexibility index (Phi) is 8.86. The van der Waals surface area contributed by atoms with E-state index < -0.39 is 0 Å². The van der Waals surface area contributed by atoms with Crippen molar-refractivity contribution < 1.29 is 19.7 Å². The standard InChI is InChI=1S/C10H14O2.C6H7NO.CH2O/c1-7(2)8-4-9(11)6-10(5-8)12-3;7-5-2-1-3-6(8)4-5;1-2/h4-7,11H,1-3H3;1-4,8H,7H2;1H2. The average molecular weight is 305 g/mol. The first kappa shape index (κ1) is 19.3. The average Bonchev–Trinajstić information content (AvgIpc) is 2.49. The van der Waals surface area contributed by atoms with Crippen LogP contribution in [0.1, 0.15) is 25.3 Å². The van der Waals surface area contributed by atoms with Crippen LogP contribution in [0.25, 0.3) is 0 Å². The van der Waals surface area contributed by atoms with Gasteiger partial charge in [0.1, 0.15) is 24.0 Å². The van der Waals surface area contributed by atoms with E-state index in [0.717, 1.165) is 5.56 Å². The van der Waals surface area contributed by atoms with Crippen LogP contribution < -0.4 is 10.5 Å². The first-order chi connectivity index (χ1) is 10.4. The van der Waals surface area contributed by atoms with Crippen molar-refractivity contribution in [3.63, 3.8) is 0 Å². The van der Waals surface area contributed by atoms with Crippen LogP contribution in [0.3, 0.4) is 0 Å². The Morgan fingerprint density at radius 1 is 1.05 bits per heavy atom. The van der Waals surface area contributed by atoms with E-state index in [2.05, 4.69) is 13.8 Å². The zero-order chi connectivity index (χ0) is 17.1. The van der Waals surface area contributed by atoms with Crippen molar-refractivity contribution in [2.45, 2.75) is 19.8 Å². The third-order valence-electron chi connectivity index (χ3n) is 2.69. The smallest absolute Gasteiger partial charge is 0.122 e. The van der Waals surface area contributed by atoms with Gasteiger partial charge in [0.25, 0.3) is 0 Å². The summed E-state index contributed by atoms with van der Waals surface area (Å²) in [6, 6.07) is 11.8. The summed E-state index contributed by atoms with van der Waals surface area (Å²) < 4.78 is 5.03. The van der Waals surface area contributed by atoms with Gasteiger partial charge in [-0.05, 0) is 35.7 Å². The molecule has 0 aliphatic heterocycles. The molecule has 22 heavy (non-hydrogen) atoms. The molecule has 0 aromatic heterocycles. The predicted octanol–water partition coefficient (Wildman–Crippen LogP) is 3.31. The number of nitrogen functional groups attached to an aromatic ring is 1. The first-order valence-corrected chi connectivity index (χ1v) is 6.63. The normalized spacial score (nSPS) is 9.09. The summed E-state index contributed by atoms with van der Waals surface area (Å²) in [5, 5.41) is 18.0. The molecule has 0 atom stereocenters. The Morgan fingerprint density at radius 2 is 1.68 bits per heavy atom. The lowest BCUT2D eigenvalue weighted by Crippen LogP contribution is -1.89. The molecular weight excluding hydrogens is 282 g/mol. The zero-order valence-electron chi connectivity index (χ0n) is 13.1. The molecule has 0 saturated carbocycles. The summed E-state index contributed by atoms with van der Waals surface area (Å²) in [6.45, 7) is 6.16. The van der Waals surface area contributed by atoms with Gasteiger partial charge in [0.15, 0.2) is 0 Å². The molecule has 2 aromatic rings. The molecule has 120 valence electrons. The van der Waals surface area contributed by atoms with Gasteiger partial charge in [-0.15, -0.1) is 0 Å². The van der Waals surface area contributed by atoms with Crippen LogP contribution >= 0.6 is 0 Å². The molecule has 0 aliphatic carbocycles. The van der Waals surface area contributed by atoms with Crippen molar-refractivity contribution >= 4 is 12.5 Å². The molecule has 0 heterocycles. The lowest BCUT2D eigenvalue weighted by atomic mass is 10.0. The number of methoxy groups -OCH3 is 1. The summed E-state index contributed by atoms with van der Waals surface area (Å²) in [5.74, 6) is 1.59. The summed E-state index contributed by atoms with van der Waals surface area (Å²) in [5.41, 5.74) is 6.98. The largest absolute Gasteiger partial charge is 0.508 e. The highest BCUT2D eigenvalue weighted by atomic mass is 16.5. The molecule has 0 spiro atoms. The second-order valence-corrected chi connectivity index (χ2v) is 4.71. The summed E-state index contributed by atoms with van der Waals surface area (Å²) >= 11 is 0. The van der Waals surface area contributed by atoms with Gasteiger partial charge in [0, 0.05) is 17.8 Å². The molecule has 0 saturated heterocycles. The number of anilines is 1. The number of carbonyl (C=O) groups is 1. The molecule has 0 bridgehead atoms. The maximum atomic E-state index is 9.29. The fourth-order valence-corrected chi connectivity index (χ4v) is 1.58. The summed E-state index contributed by atoms with van der Waals surface area (Å²) in [7, 11) is 1.60. The zero-order valence-corrected chi connectivity index (χ0v) is 13.1. The van der Waals surface area contributed by atoms with Gasteiger partial charge in [-0.2, -0.15) is 0 Å². The number of carbonyl (C=O) groups excluding carboxylic acids is 1. The van der Waals surface area contributed by atoms with E-state index in [1.165, 1.54) is 6.07 Å². The van der Waals surface area contributed by atoms with Gasteiger partial charge >= 0.3 is 0 Å². The number of rotatable bonds is 2. The second-order valence-electron chi connectivity index (χ2n) is 4.71. The van der Waals surface area contributed by atoms with Crippen LogP contribution in [-0.4, -0.2) is 24.1 Å². The van der Waals surface area contributed by atoms with Gasteiger partial charge in [-0.25, -0.2) is 0 Å². The fraction of sp³-hybridized carbons (Fsp3) is 0.235. The second kappa shape index (κ2) is 10.1. The van der Waals surface area contributed by atoms with Crippen molar-refractivity contribution in [2.24, 2.45) is 0 Å². The Hall–Kier alpha value is -2.69. The number of nitrogens with two attached hydrogens (primary N) is 1. The lowest BCUT2D eigenvalue weighted by molar-refractivity contribution is -0.0979. The number of phenols is 2. The number of phenolic OH excluding ortho intramolecular Hbond substituents is 2. The molecule has 0 radical (unpaired) electrons. The minimum atomic E-state index is 0.213. The summed E-state index contributed by atoms with van der Waals surface area (Å²) in [4.78, 5) is 8.00. The molecule has 4 N–H and O–H groups in total. The van der Waals surface area contributed by atoms with E-state index in [4.69, 9.17) is 20.4 Å². The van der Waals surface area contributed by atoms with Gasteiger partial charge in [0.2, 0.25) is 0 Å². The molecule has 2 aromatic carbocycles. The quantitative estimate of drug-likeness (QED) is 0.740. The van der Waals surface area contributed by atoms with Crippen LogP contribution in [-0.2, 0) is 4.79 Å². The Morgan fingerprint density at radius 3 is 2.09 bits per heavy atom. The van der Waals surface area contributed by atoms with E-state index >= 15 is 0 Å². The maximum Gasteiger partial charge on any atom is 0.122 e. The van der Waals surface area contributed by atoms with E-state index in [1.54, 1.807) is 37.4 Å². The summed E-state index contributed by atoms with van der Waals surface area (Å²) in [6.07, 6.45) is 0. The fourth-order valence-electron chi connectivity index (χ4n) is 1.58. The first-order valence-electron chi connectivity index (χ1n) is 6.63. The van der Waals surface area contributed by atoms with Gasteiger partial charge in [0.05, 0.1) is 7.11 Å². The molecule has 5 nitrogen and oxygen atoms in total. The van der Waals surface area contributed by atoms with Gasteiger partial charge in [-0.3, -0.25) is 0 Å². The van der Waals surface area contributed by atoms with Crippen LogP contribution in [0.5, 0.6) is 17.2 Å². The van der Waals surface area contributed by atoms with Gasteiger partial charge in [-0.1, -0.05) is 19.9 Å². The van der Waals surface area contributed by atoms with Gasteiger partial charge < -0.3 is 25.5 Å². The van der Waals surface area contributed by atoms with Crippen LogP contribution in [0.2, 0.25) is 0 Å². The predicted molar refractivity (Wildman–Crippen MR) is 88.4 cm³/mol. The van der Waals surface area contributed by atoms with Crippen molar-refractivity contribution in [3.05, 3.63) is 48.0 Å². The molecule has 0 fully saturated rings. The SMILES string of the molecule is C=O.COc1cc(O)cc(C(C)C)c1.Nc1cccc(O)c1. The van der Waals surface area contributed by atoms with Crippen molar-refractivity contribution in [3.8, 4) is 17.2 Å². The molecule has 5 heteroatoms. The van der Waals surface area contributed by atoms with Crippen LogP contribution in [0.4, 0.5) is 5.69 Å². The monoisotopic (exact) mass is 305 g/mol. The van der Waals surface area contributed by atoms with E-state index in [0.29, 0.717) is 17.4 Å². The molecule has 0 unspecified atom stereocenters. The number of hydrogen-bond acceptors (Lipinski definition) is 5. The number of hydrogen-bond donors (Lipinski definition) is 3. The minimum Gasteiger partial charge on any atom is -0.508 e. The highest BCUT2D eigenvalue weighted by Crippen LogP contribution is 2.25. The van der Waals surface area contributed by atoms with E-state index in [-0.39, 0.29) is 11.5 Å². The number of benzene rings is 2. The third kappa shape index (κ3) is 7.19. The van der Waals surface area contributed by atoms with Crippen molar-refractivity contribution in [1.82, 2.24) is 0 Å². The number of aromatic hydroxyl groups is 2. The van der Waals surface area contributed by atoms with Crippen LogP contribution in [0, 0.1) is 0 Å². The van der Waals surface area contributed by atoms with Crippen molar-refractivity contribution in [2.75, 3.05) is 12.8 Å².